The van der Waals surface area contributed by atoms with Crippen molar-refractivity contribution < 1.29 is 19.1 Å². The Kier molecular flexibility index (Phi) is 10.3. The molecule has 0 spiro atoms. The number of hydrogen-bond acceptors (Lipinski definition) is 5. The molecule has 11 heteroatoms. The maximum absolute atomic E-state index is 13.3. The van der Waals surface area contributed by atoms with Crippen molar-refractivity contribution in [2.24, 2.45) is 0 Å². The van der Waals surface area contributed by atoms with Gasteiger partial charge < -0.3 is 20.3 Å². The molecule has 1 fully saturated rings. The zero-order valence-corrected chi connectivity index (χ0v) is 23.1. The van der Waals surface area contributed by atoms with Gasteiger partial charge in [-0.2, -0.15) is 0 Å². The highest BCUT2D eigenvalue weighted by Gasteiger charge is 2.38. The van der Waals surface area contributed by atoms with Crippen LogP contribution in [0.5, 0.6) is 0 Å². The van der Waals surface area contributed by atoms with Crippen molar-refractivity contribution in [3.63, 3.8) is 0 Å². The normalized spacial score (nSPS) is 19.0. The quantitative estimate of drug-likeness (QED) is 0.373. The molecule has 37 heavy (non-hydrogen) atoms. The van der Waals surface area contributed by atoms with Crippen molar-refractivity contribution in [2.45, 2.75) is 39.3 Å². The maximum atomic E-state index is 13.3. The molecule has 4 amide bonds. The van der Waals surface area contributed by atoms with Crippen LogP contribution in [0.1, 0.15) is 38.8 Å². The van der Waals surface area contributed by atoms with Crippen LogP contribution in [0, 0.1) is 0 Å². The molecule has 202 valence electrons. The lowest BCUT2D eigenvalue weighted by Crippen LogP contribution is -2.51. The van der Waals surface area contributed by atoms with E-state index in [1.807, 2.05) is 13.8 Å². The summed E-state index contributed by atoms with van der Waals surface area (Å²) in [6.07, 6.45) is 2.37. The SMILES string of the molecule is C=CCN1C(=O)N[C@H](c2ccc(Cl)c(Cl)c2)C(C(=O)OCC)=C1CN1CCCN(C(=O)NC(C)C)CC1. The van der Waals surface area contributed by atoms with Gasteiger partial charge in [-0.3, -0.25) is 9.80 Å². The Hall–Kier alpha value is -2.75. The largest absolute Gasteiger partial charge is 0.463 e. The van der Waals surface area contributed by atoms with E-state index in [4.69, 9.17) is 27.9 Å². The Morgan fingerprint density at radius 2 is 1.97 bits per heavy atom. The van der Waals surface area contributed by atoms with Crippen LogP contribution in [0.3, 0.4) is 0 Å². The number of carbonyl (C=O) groups is 3. The number of carbonyl (C=O) groups excluding carboxylic acids is 3. The van der Waals surface area contributed by atoms with Gasteiger partial charge in [-0.1, -0.05) is 35.3 Å². The molecule has 1 atom stereocenters. The van der Waals surface area contributed by atoms with Crippen molar-refractivity contribution in [1.29, 1.82) is 0 Å². The van der Waals surface area contributed by atoms with Gasteiger partial charge in [-0.05, 0) is 44.9 Å². The molecular formula is C26H35Cl2N5O4. The van der Waals surface area contributed by atoms with Gasteiger partial charge in [0.1, 0.15) is 0 Å². The molecule has 0 aromatic heterocycles. The van der Waals surface area contributed by atoms with Crippen molar-refractivity contribution in [3.05, 3.63) is 57.7 Å². The smallest absolute Gasteiger partial charge is 0.338 e. The topological polar surface area (TPSA) is 94.2 Å². The highest BCUT2D eigenvalue weighted by atomic mass is 35.5. The summed E-state index contributed by atoms with van der Waals surface area (Å²) in [6.45, 7) is 12.6. The molecular weight excluding hydrogens is 517 g/mol. The zero-order valence-electron chi connectivity index (χ0n) is 21.6. The highest BCUT2D eigenvalue weighted by Crippen LogP contribution is 2.35. The van der Waals surface area contributed by atoms with Crippen molar-refractivity contribution in [1.82, 2.24) is 25.3 Å². The molecule has 0 bridgehead atoms. The first-order valence-corrected chi connectivity index (χ1v) is 13.2. The lowest BCUT2D eigenvalue weighted by molar-refractivity contribution is -0.139. The van der Waals surface area contributed by atoms with Crippen LogP contribution in [0.15, 0.2) is 42.1 Å². The number of urea groups is 2. The number of amides is 4. The molecule has 3 rings (SSSR count). The Morgan fingerprint density at radius 1 is 1.22 bits per heavy atom. The zero-order chi connectivity index (χ0) is 27.1. The summed E-state index contributed by atoms with van der Waals surface area (Å²) in [5.41, 5.74) is 1.49. The third-order valence-corrected chi connectivity index (χ3v) is 6.92. The van der Waals surface area contributed by atoms with Gasteiger partial charge in [0.15, 0.2) is 0 Å². The second-order valence-electron chi connectivity index (χ2n) is 9.26. The van der Waals surface area contributed by atoms with E-state index in [-0.39, 0.29) is 31.3 Å². The first kappa shape index (κ1) is 28.8. The van der Waals surface area contributed by atoms with Gasteiger partial charge in [-0.25, -0.2) is 14.4 Å². The van der Waals surface area contributed by atoms with E-state index in [1.54, 1.807) is 36.1 Å². The summed E-state index contributed by atoms with van der Waals surface area (Å²) in [5, 5.41) is 6.55. The van der Waals surface area contributed by atoms with E-state index >= 15 is 0 Å². The number of ether oxygens (including phenoxy) is 1. The lowest BCUT2D eigenvalue weighted by Gasteiger charge is -2.38. The molecule has 0 saturated carbocycles. The van der Waals surface area contributed by atoms with E-state index in [9.17, 15) is 14.4 Å². The average molecular weight is 553 g/mol. The van der Waals surface area contributed by atoms with Crippen LogP contribution >= 0.6 is 23.2 Å². The third-order valence-electron chi connectivity index (χ3n) is 6.18. The molecule has 9 nitrogen and oxygen atoms in total. The molecule has 1 saturated heterocycles. The molecule has 0 radical (unpaired) electrons. The standard InChI is InChI=1S/C26H35Cl2N5O4/c1-5-10-33-21(16-31-11-7-12-32(14-13-31)25(35)29-17(3)4)22(24(34)37-6-2)23(30-26(33)36)18-8-9-19(27)20(28)15-18/h5,8-9,15,17,23H,1,6-7,10-14,16H2,2-4H3,(H,29,35)(H,30,36)/t23-/m1/s1. The predicted molar refractivity (Wildman–Crippen MR) is 145 cm³/mol. The minimum Gasteiger partial charge on any atom is -0.463 e. The monoisotopic (exact) mass is 551 g/mol. The molecule has 1 aromatic rings. The third kappa shape index (κ3) is 7.18. The maximum Gasteiger partial charge on any atom is 0.338 e. The molecule has 2 N–H and O–H groups in total. The van der Waals surface area contributed by atoms with Crippen LogP contribution in [-0.4, -0.2) is 84.6 Å². The summed E-state index contributed by atoms with van der Waals surface area (Å²) in [4.78, 5) is 44.6. The summed E-state index contributed by atoms with van der Waals surface area (Å²) in [7, 11) is 0. The fraction of sp³-hybridized carbons (Fsp3) is 0.500. The number of rotatable bonds is 8. The second kappa shape index (κ2) is 13.2. The number of nitrogens with zero attached hydrogens (tertiary/aromatic N) is 3. The number of esters is 1. The van der Waals surface area contributed by atoms with E-state index in [1.165, 1.54) is 4.90 Å². The lowest BCUT2D eigenvalue weighted by atomic mass is 9.94. The second-order valence-corrected chi connectivity index (χ2v) is 10.1. The van der Waals surface area contributed by atoms with Gasteiger partial charge in [-0.15, -0.1) is 6.58 Å². The summed E-state index contributed by atoms with van der Waals surface area (Å²) in [5.74, 6) is -0.518. The highest BCUT2D eigenvalue weighted by molar-refractivity contribution is 6.42. The van der Waals surface area contributed by atoms with Crippen molar-refractivity contribution >= 4 is 41.2 Å². The Balaban J connectivity index is 1.98. The predicted octanol–water partition coefficient (Wildman–Crippen LogP) is 4.19. The van der Waals surface area contributed by atoms with Crippen LogP contribution in [0.25, 0.3) is 0 Å². The van der Waals surface area contributed by atoms with Crippen LogP contribution in [0.2, 0.25) is 10.0 Å². The van der Waals surface area contributed by atoms with E-state index in [0.29, 0.717) is 59.6 Å². The van der Waals surface area contributed by atoms with E-state index < -0.39 is 12.0 Å². The van der Waals surface area contributed by atoms with Gasteiger partial charge >= 0.3 is 18.0 Å². The van der Waals surface area contributed by atoms with Gasteiger partial charge in [0, 0.05) is 51.0 Å². The summed E-state index contributed by atoms with van der Waals surface area (Å²) in [6, 6.07) is 3.85. The molecule has 1 aromatic carbocycles. The summed E-state index contributed by atoms with van der Waals surface area (Å²) < 4.78 is 5.44. The van der Waals surface area contributed by atoms with Crippen LogP contribution in [-0.2, 0) is 9.53 Å². The number of nitrogens with one attached hydrogen (secondary N) is 2. The minimum absolute atomic E-state index is 0.0515. The Bertz CT molecular complexity index is 1060. The average Bonchev–Trinajstić information content (AvgIpc) is 3.08. The minimum atomic E-state index is -0.766. The van der Waals surface area contributed by atoms with Gasteiger partial charge in [0.2, 0.25) is 0 Å². The Labute approximate surface area is 228 Å². The number of benzene rings is 1. The molecule has 0 aliphatic carbocycles. The fourth-order valence-electron chi connectivity index (χ4n) is 4.47. The van der Waals surface area contributed by atoms with Gasteiger partial charge in [0.05, 0.1) is 28.3 Å². The number of hydrogen-bond donors (Lipinski definition) is 2. The number of halogens is 2. The van der Waals surface area contributed by atoms with Crippen LogP contribution < -0.4 is 10.6 Å². The van der Waals surface area contributed by atoms with E-state index in [2.05, 4.69) is 22.1 Å². The van der Waals surface area contributed by atoms with Crippen LogP contribution in [0.4, 0.5) is 9.59 Å². The molecule has 2 aliphatic rings. The first-order valence-electron chi connectivity index (χ1n) is 12.5. The molecule has 2 heterocycles. The summed E-state index contributed by atoms with van der Waals surface area (Å²) >= 11 is 12.4. The van der Waals surface area contributed by atoms with Crippen molar-refractivity contribution in [3.8, 4) is 0 Å². The van der Waals surface area contributed by atoms with Gasteiger partial charge in [0.25, 0.3) is 0 Å². The first-order chi connectivity index (χ1) is 17.7. The van der Waals surface area contributed by atoms with E-state index in [0.717, 1.165) is 6.42 Å². The molecule has 2 aliphatic heterocycles. The Morgan fingerprint density at radius 3 is 2.62 bits per heavy atom. The van der Waals surface area contributed by atoms with Crippen molar-refractivity contribution in [2.75, 3.05) is 45.9 Å². The fourth-order valence-corrected chi connectivity index (χ4v) is 4.78. The molecule has 0 unspecified atom stereocenters.